The van der Waals surface area contributed by atoms with Gasteiger partial charge in [-0.05, 0) is 37.4 Å². The Balaban J connectivity index is 2.05. The van der Waals surface area contributed by atoms with Crippen molar-refractivity contribution in [1.29, 1.82) is 0 Å². The van der Waals surface area contributed by atoms with E-state index < -0.39 is 10.8 Å². The van der Waals surface area contributed by atoms with E-state index in [-0.39, 0.29) is 11.9 Å². The minimum Gasteiger partial charge on any atom is -0.350 e. The van der Waals surface area contributed by atoms with E-state index in [2.05, 4.69) is 22.3 Å². The number of nitrogens with zero attached hydrogens (tertiary/aromatic N) is 1. The molecule has 2 aromatic rings. The van der Waals surface area contributed by atoms with E-state index in [9.17, 15) is 9.00 Å². The third-order valence-corrected chi connectivity index (χ3v) is 4.56. The highest BCUT2D eigenvalue weighted by molar-refractivity contribution is 7.83. The Morgan fingerprint density at radius 1 is 1.12 bits per heavy atom. The third-order valence-electron chi connectivity index (χ3n) is 3.82. The van der Waals surface area contributed by atoms with Crippen LogP contribution < -0.4 is 5.32 Å². The highest BCUT2D eigenvalue weighted by atomic mass is 32.2. The fraction of sp³-hybridized carbons (Fsp3) is 0.316. The first kappa shape index (κ1) is 18.4. The SMILES string of the molecule is CN(C)C(CNC(=O)c1cccc(CS(C)=O)c1)c1ccccc1. The molecular weight excluding hydrogens is 320 g/mol. The summed E-state index contributed by atoms with van der Waals surface area (Å²) in [6.45, 7) is 0.528. The Labute approximate surface area is 146 Å². The molecule has 0 saturated heterocycles. The zero-order chi connectivity index (χ0) is 17.5. The molecule has 4 nitrogen and oxygen atoms in total. The van der Waals surface area contributed by atoms with Crippen LogP contribution in [-0.2, 0) is 16.6 Å². The molecule has 0 saturated carbocycles. The van der Waals surface area contributed by atoms with Crippen molar-refractivity contribution < 1.29 is 9.00 Å². The van der Waals surface area contributed by atoms with Gasteiger partial charge in [-0.3, -0.25) is 9.00 Å². The van der Waals surface area contributed by atoms with Crippen LogP contribution in [0.25, 0.3) is 0 Å². The van der Waals surface area contributed by atoms with Gasteiger partial charge in [-0.1, -0.05) is 42.5 Å². The molecule has 0 heterocycles. The maximum atomic E-state index is 12.4. The topological polar surface area (TPSA) is 49.4 Å². The van der Waals surface area contributed by atoms with Gasteiger partial charge in [0.05, 0.1) is 6.04 Å². The summed E-state index contributed by atoms with van der Waals surface area (Å²) in [5.74, 6) is 0.354. The van der Waals surface area contributed by atoms with Crippen LogP contribution in [0.1, 0.15) is 27.5 Å². The molecule has 2 aromatic carbocycles. The van der Waals surface area contributed by atoms with Gasteiger partial charge in [-0.15, -0.1) is 0 Å². The lowest BCUT2D eigenvalue weighted by Crippen LogP contribution is -2.34. The number of carbonyl (C=O) groups is 1. The molecule has 5 heteroatoms. The normalized spacial score (nSPS) is 13.5. The molecule has 2 atom stereocenters. The van der Waals surface area contributed by atoms with Crippen LogP contribution in [0.2, 0.25) is 0 Å². The second-order valence-corrected chi connectivity index (χ2v) is 7.45. The van der Waals surface area contributed by atoms with Crippen LogP contribution in [0.5, 0.6) is 0 Å². The van der Waals surface area contributed by atoms with Gasteiger partial charge in [0.15, 0.2) is 0 Å². The Morgan fingerprint density at radius 3 is 2.46 bits per heavy atom. The molecule has 2 unspecified atom stereocenters. The van der Waals surface area contributed by atoms with Gasteiger partial charge in [0, 0.05) is 34.9 Å². The number of rotatable bonds is 7. The fourth-order valence-corrected chi connectivity index (χ4v) is 3.25. The average Bonchev–Trinajstić information content (AvgIpc) is 2.55. The minimum atomic E-state index is -0.919. The van der Waals surface area contributed by atoms with E-state index >= 15 is 0 Å². The van der Waals surface area contributed by atoms with E-state index in [1.54, 1.807) is 12.3 Å². The molecule has 0 bridgehead atoms. The number of likely N-dealkylation sites (N-methyl/N-ethyl adjacent to an activating group) is 1. The number of carbonyl (C=O) groups excluding carboxylic acids is 1. The summed E-state index contributed by atoms with van der Waals surface area (Å²) in [6, 6.07) is 17.5. The smallest absolute Gasteiger partial charge is 0.251 e. The van der Waals surface area contributed by atoms with E-state index in [4.69, 9.17) is 0 Å². The molecule has 128 valence electrons. The molecular formula is C19H24N2O2S. The van der Waals surface area contributed by atoms with Crippen LogP contribution >= 0.6 is 0 Å². The number of benzene rings is 2. The second-order valence-electron chi connectivity index (χ2n) is 6.02. The van der Waals surface area contributed by atoms with Crippen molar-refractivity contribution in [2.45, 2.75) is 11.8 Å². The van der Waals surface area contributed by atoms with Crippen molar-refractivity contribution in [2.75, 3.05) is 26.9 Å². The van der Waals surface area contributed by atoms with E-state index in [0.29, 0.717) is 17.9 Å². The van der Waals surface area contributed by atoms with Crippen LogP contribution in [0.4, 0.5) is 0 Å². The fourth-order valence-electron chi connectivity index (χ4n) is 2.60. The van der Waals surface area contributed by atoms with Crippen molar-refractivity contribution >= 4 is 16.7 Å². The lowest BCUT2D eigenvalue weighted by Gasteiger charge is -2.25. The largest absolute Gasteiger partial charge is 0.350 e. The predicted octanol–water partition coefficient (Wildman–Crippen LogP) is 2.60. The molecule has 2 rings (SSSR count). The minimum absolute atomic E-state index is 0.110. The predicted molar refractivity (Wildman–Crippen MR) is 99.4 cm³/mol. The van der Waals surface area contributed by atoms with E-state index in [1.807, 2.05) is 50.5 Å². The lowest BCUT2D eigenvalue weighted by atomic mass is 10.1. The summed E-state index contributed by atoms with van der Waals surface area (Å²) in [7, 11) is 3.08. The second kappa shape index (κ2) is 8.76. The number of nitrogens with one attached hydrogen (secondary N) is 1. The lowest BCUT2D eigenvalue weighted by molar-refractivity contribution is 0.0942. The standard InChI is InChI=1S/C19H24N2O2S/c1-21(2)18(16-9-5-4-6-10-16)13-20-19(22)17-11-7-8-15(12-17)14-24(3)23/h4-12,18H,13-14H2,1-3H3,(H,20,22). The zero-order valence-electron chi connectivity index (χ0n) is 14.4. The van der Waals surface area contributed by atoms with Gasteiger partial charge in [-0.2, -0.15) is 0 Å². The molecule has 0 aromatic heterocycles. The summed E-state index contributed by atoms with van der Waals surface area (Å²) in [6.07, 6.45) is 1.66. The molecule has 1 amide bonds. The monoisotopic (exact) mass is 344 g/mol. The first-order chi connectivity index (χ1) is 11.5. The van der Waals surface area contributed by atoms with Crippen molar-refractivity contribution in [3.8, 4) is 0 Å². The van der Waals surface area contributed by atoms with E-state index in [0.717, 1.165) is 11.1 Å². The molecule has 0 spiro atoms. The summed E-state index contributed by atoms with van der Waals surface area (Å²) in [5, 5.41) is 3.00. The molecule has 0 fully saturated rings. The summed E-state index contributed by atoms with van der Waals surface area (Å²) in [4.78, 5) is 14.5. The molecule has 0 aliphatic heterocycles. The summed E-state index contributed by atoms with van der Waals surface area (Å²) < 4.78 is 11.3. The van der Waals surface area contributed by atoms with Crippen LogP contribution in [0.15, 0.2) is 54.6 Å². The first-order valence-corrected chi connectivity index (χ1v) is 9.58. The van der Waals surface area contributed by atoms with Crippen molar-refractivity contribution in [3.05, 3.63) is 71.3 Å². The number of amides is 1. The average molecular weight is 344 g/mol. The van der Waals surface area contributed by atoms with Crippen molar-refractivity contribution in [2.24, 2.45) is 0 Å². The van der Waals surface area contributed by atoms with Crippen molar-refractivity contribution in [1.82, 2.24) is 10.2 Å². The quantitative estimate of drug-likeness (QED) is 0.840. The Hall–Kier alpha value is -1.98. The van der Waals surface area contributed by atoms with E-state index in [1.165, 1.54) is 0 Å². The van der Waals surface area contributed by atoms with Gasteiger partial charge >= 0.3 is 0 Å². The Bertz CT molecular complexity index is 702. The first-order valence-electron chi connectivity index (χ1n) is 7.86. The zero-order valence-corrected chi connectivity index (χ0v) is 15.2. The number of hydrogen-bond donors (Lipinski definition) is 1. The van der Waals surface area contributed by atoms with Gasteiger partial charge in [0.1, 0.15) is 0 Å². The van der Waals surface area contributed by atoms with Crippen LogP contribution in [0.3, 0.4) is 0 Å². The summed E-state index contributed by atoms with van der Waals surface area (Å²) >= 11 is 0. The maximum Gasteiger partial charge on any atom is 0.251 e. The molecule has 1 N–H and O–H groups in total. The summed E-state index contributed by atoms with van der Waals surface area (Å²) in [5.41, 5.74) is 2.68. The Morgan fingerprint density at radius 2 is 1.83 bits per heavy atom. The van der Waals surface area contributed by atoms with Gasteiger partial charge in [-0.25, -0.2) is 0 Å². The maximum absolute atomic E-state index is 12.4. The Kier molecular flexibility index (Phi) is 6.70. The highest BCUT2D eigenvalue weighted by Crippen LogP contribution is 2.17. The van der Waals surface area contributed by atoms with Gasteiger partial charge in [0.25, 0.3) is 5.91 Å². The highest BCUT2D eigenvalue weighted by Gasteiger charge is 2.15. The molecule has 0 aliphatic carbocycles. The van der Waals surface area contributed by atoms with Crippen LogP contribution in [-0.4, -0.2) is 41.9 Å². The van der Waals surface area contributed by atoms with Crippen LogP contribution in [0, 0.1) is 0 Å². The van der Waals surface area contributed by atoms with Gasteiger partial charge in [0.2, 0.25) is 0 Å². The van der Waals surface area contributed by atoms with Gasteiger partial charge < -0.3 is 10.2 Å². The molecule has 24 heavy (non-hydrogen) atoms. The molecule has 0 aliphatic rings. The third kappa shape index (κ3) is 5.28. The van der Waals surface area contributed by atoms with Crippen molar-refractivity contribution in [3.63, 3.8) is 0 Å². The molecule has 0 radical (unpaired) electrons. The number of hydrogen-bond acceptors (Lipinski definition) is 3.